The summed E-state index contributed by atoms with van der Waals surface area (Å²) in [5.41, 5.74) is 0.424. The number of hydrogen-bond acceptors (Lipinski definition) is 6. The Labute approximate surface area is 125 Å². The number of methoxy groups -OCH3 is 1. The van der Waals surface area contributed by atoms with Crippen molar-refractivity contribution in [1.82, 2.24) is 0 Å². The van der Waals surface area contributed by atoms with Gasteiger partial charge in [0, 0.05) is 11.1 Å². The molecule has 7 heteroatoms. The fourth-order valence-electron chi connectivity index (χ4n) is 1.94. The van der Waals surface area contributed by atoms with E-state index in [1.54, 1.807) is 0 Å². The molecule has 0 saturated heterocycles. The number of halogens is 1. The van der Waals surface area contributed by atoms with Crippen LogP contribution in [0.25, 0.3) is 0 Å². The van der Waals surface area contributed by atoms with Crippen LogP contribution in [0, 0.1) is 5.82 Å². The van der Waals surface area contributed by atoms with E-state index >= 15 is 0 Å². The molecular formula is C15H15FO6. The summed E-state index contributed by atoms with van der Waals surface area (Å²) in [5, 5.41) is 18.5. The Morgan fingerprint density at radius 1 is 1.23 bits per heavy atom. The molecule has 0 unspecified atom stereocenters. The molecule has 2 N–H and O–H groups in total. The van der Waals surface area contributed by atoms with Crippen LogP contribution >= 0.6 is 0 Å². The molecule has 6 nitrogen and oxygen atoms in total. The van der Waals surface area contributed by atoms with Crippen molar-refractivity contribution < 1.29 is 33.3 Å². The van der Waals surface area contributed by atoms with Crippen LogP contribution in [0.15, 0.2) is 28.7 Å². The molecule has 0 aliphatic heterocycles. The number of carbonyl (C=O) groups is 1. The zero-order chi connectivity index (χ0) is 16.1. The molecule has 0 amide bonds. The van der Waals surface area contributed by atoms with Crippen LogP contribution < -0.4 is 4.74 Å². The molecule has 1 aromatic heterocycles. The number of aliphatic hydroxyl groups excluding tert-OH is 2. The maximum Gasteiger partial charge on any atom is 0.373 e. The summed E-state index contributed by atoms with van der Waals surface area (Å²) in [6.07, 6.45) is 0. The van der Waals surface area contributed by atoms with Gasteiger partial charge in [-0.15, -0.1) is 0 Å². The number of hydrogen-bond donors (Lipinski definition) is 2. The topological polar surface area (TPSA) is 89.1 Å². The van der Waals surface area contributed by atoms with Gasteiger partial charge in [-0.2, -0.15) is 0 Å². The lowest BCUT2D eigenvalue weighted by molar-refractivity contribution is 0.0561. The van der Waals surface area contributed by atoms with E-state index in [0.29, 0.717) is 5.76 Å². The molecule has 2 aromatic rings. The third-order valence-corrected chi connectivity index (χ3v) is 2.96. The molecule has 0 aliphatic rings. The maximum absolute atomic E-state index is 13.3. The monoisotopic (exact) mass is 310 g/mol. The zero-order valence-corrected chi connectivity index (χ0v) is 11.8. The molecular weight excluding hydrogens is 295 g/mol. The Balaban J connectivity index is 2.17. The standard InChI is InChI=1S/C15H15FO6/c1-20-15(19)13-3-2-12(22-13)8-21-14-9(6-17)4-11(16)5-10(14)7-18/h2-5,17-18H,6-8H2,1H3. The SMILES string of the molecule is COC(=O)c1ccc(COc2c(CO)cc(F)cc2CO)o1. The maximum atomic E-state index is 13.3. The Bertz CT molecular complexity index is 639. The Kier molecular flexibility index (Phi) is 5.13. The first-order valence-electron chi connectivity index (χ1n) is 6.42. The van der Waals surface area contributed by atoms with Crippen molar-refractivity contribution in [1.29, 1.82) is 0 Å². The Morgan fingerprint density at radius 3 is 2.41 bits per heavy atom. The van der Waals surface area contributed by atoms with Gasteiger partial charge in [0.1, 0.15) is 23.9 Å². The predicted molar refractivity (Wildman–Crippen MR) is 72.6 cm³/mol. The van der Waals surface area contributed by atoms with Crippen molar-refractivity contribution >= 4 is 5.97 Å². The molecule has 118 valence electrons. The van der Waals surface area contributed by atoms with Crippen LogP contribution in [0.2, 0.25) is 0 Å². The second kappa shape index (κ2) is 7.06. The predicted octanol–water partition coefficient (Wildman–Crippen LogP) is 1.77. The molecule has 0 saturated carbocycles. The van der Waals surface area contributed by atoms with Gasteiger partial charge in [-0.25, -0.2) is 9.18 Å². The smallest absolute Gasteiger partial charge is 0.373 e. The van der Waals surface area contributed by atoms with Gasteiger partial charge < -0.3 is 24.1 Å². The lowest BCUT2D eigenvalue weighted by Crippen LogP contribution is -2.03. The van der Waals surface area contributed by atoms with E-state index in [4.69, 9.17) is 9.15 Å². The van der Waals surface area contributed by atoms with E-state index in [1.165, 1.54) is 19.2 Å². The van der Waals surface area contributed by atoms with E-state index in [9.17, 15) is 19.4 Å². The highest BCUT2D eigenvalue weighted by atomic mass is 19.1. The second-order valence-electron chi connectivity index (χ2n) is 4.42. The summed E-state index contributed by atoms with van der Waals surface area (Å²) >= 11 is 0. The Morgan fingerprint density at radius 2 is 1.86 bits per heavy atom. The molecule has 22 heavy (non-hydrogen) atoms. The minimum Gasteiger partial charge on any atom is -0.485 e. The quantitative estimate of drug-likeness (QED) is 0.790. The van der Waals surface area contributed by atoms with Gasteiger partial charge in [-0.3, -0.25) is 0 Å². The zero-order valence-electron chi connectivity index (χ0n) is 11.8. The van der Waals surface area contributed by atoms with E-state index in [0.717, 1.165) is 12.1 Å². The number of carbonyl (C=O) groups excluding carboxylic acids is 1. The van der Waals surface area contributed by atoms with Crippen LogP contribution in [0.4, 0.5) is 4.39 Å². The van der Waals surface area contributed by atoms with Gasteiger partial charge in [0.15, 0.2) is 0 Å². The number of furan rings is 1. The molecule has 0 radical (unpaired) electrons. The van der Waals surface area contributed by atoms with E-state index < -0.39 is 25.0 Å². The summed E-state index contributed by atoms with van der Waals surface area (Å²) in [5.74, 6) is -0.628. The van der Waals surface area contributed by atoms with Crippen molar-refractivity contribution in [3.8, 4) is 5.75 Å². The minimum atomic E-state index is -0.611. The van der Waals surface area contributed by atoms with Gasteiger partial charge >= 0.3 is 5.97 Å². The van der Waals surface area contributed by atoms with Crippen LogP contribution in [-0.4, -0.2) is 23.3 Å². The van der Waals surface area contributed by atoms with Crippen LogP contribution in [0.5, 0.6) is 5.75 Å². The van der Waals surface area contributed by atoms with Gasteiger partial charge in [-0.05, 0) is 24.3 Å². The van der Waals surface area contributed by atoms with Gasteiger partial charge in [0.2, 0.25) is 5.76 Å². The van der Waals surface area contributed by atoms with Crippen LogP contribution in [-0.2, 0) is 24.6 Å². The summed E-state index contributed by atoms with van der Waals surface area (Å²) in [6, 6.07) is 5.22. The summed E-state index contributed by atoms with van der Waals surface area (Å²) in [7, 11) is 1.24. The van der Waals surface area contributed by atoms with Gasteiger partial charge in [-0.1, -0.05) is 0 Å². The van der Waals surface area contributed by atoms with Crippen LogP contribution in [0.1, 0.15) is 27.4 Å². The Hall–Kier alpha value is -2.38. The number of benzene rings is 1. The molecule has 0 fully saturated rings. The lowest BCUT2D eigenvalue weighted by atomic mass is 10.1. The fraction of sp³-hybridized carbons (Fsp3) is 0.267. The molecule has 2 rings (SSSR count). The molecule has 0 bridgehead atoms. The third-order valence-electron chi connectivity index (χ3n) is 2.96. The highest BCUT2D eigenvalue weighted by Gasteiger charge is 2.15. The largest absolute Gasteiger partial charge is 0.485 e. The second-order valence-corrected chi connectivity index (χ2v) is 4.42. The fourth-order valence-corrected chi connectivity index (χ4v) is 1.94. The number of aliphatic hydroxyl groups is 2. The molecule has 0 atom stereocenters. The molecule has 1 heterocycles. The first kappa shape index (κ1) is 16.0. The van der Waals surface area contributed by atoms with Crippen molar-refractivity contribution in [3.63, 3.8) is 0 Å². The minimum absolute atomic E-state index is 0.0324. The normalized spacial score (nSPS) is 10.5. The summed E-state index contributed by atoms with van der Waals surface area (Å²) < 4.78 is 28.6. The highest BCUT2D eigenvalue weighted by Crippen LogP contribution is 2.27. The number of esters is 1. The first-order valence-corrected chi connectivity index (χ1v) is 6.42. The van der Waals surface area contributed by atoms with E-state index in [1.807, 2.05) is 0 Å². The van der Waals surface area contributed by atoms with Crippen molar-refractivity contribution in [3.05, 3.63) is 52.7 Å². The van der Waals surface area contributed by atoms with Gasteiger partial charge in [0.25, 0.3) is 0 Å². The summed E-state index contributed by atoms with van der Waals surface area (Å²) in [6.45, 7) is -0.931. The summed E-state index contributed by atoms with van der Waals surface area (Å²) in [4.78, 5) is 11.3. The molecule has 1 aromatic carbocycles. The average Bonchev–Trinajstić information content (AvgIpc) is 3.00. The van der Waals surface area contributed by atoms with Crippen LogP contribution in [0.3, 0.4) is 0 Å². The third kappa shape index (κ3) is 3.44. The number of rotatable bonds is 6. The van der Waals surface area contributed by atoms with Crippen molar-refractivity contribution in [2.45, 2.75) is 19.8 Å². The van der Waals surface area contributed by atoms with Gasteiger partial charge in [0.05, 0.1) is 20.3 Å². The first-order chi connectivity index (χ1) is 10.6. The van der Waals surface area contributed by atoms with E-state index in [2.05, 4.69) is 4.74 Å². The highest BCUT2D eigenvalue weighted by molar-refractivity contribution is 5.86. The number of ether oxygens (including phenoxy) is 2. The van der Waals surface area contributed by atoms with Crippen molar-refractivity contribution in [2.24, 2.45) is 0 Å². The molecule has 0 aliphatic carbocycles. The average molecular weight is 310 g/mol. The lowest BCUT2D eigenvalue weighted by Gasteiger charge is -2.13. The van der Waals surface area contributed by atoms with Crippen molar-refractivity contribution in [2.75, 3.05) is 7.11 Å². The molecule has 0 spiro atoms. The van der Waals surface area contributed by atoms with E-state index in [-0.39, 0.29) is 29.2 Å².